The number of hydrogen-bond donors (Lipinski definition) is 0. The monoisotopic (exact) mass is 763 g/mol. The summed E-state index contributed by atoms with van der Waals surface area (Å²) in [6.07, 6.45) is 46.0. The fourth-order valence-corrected chi connectivity index (χ4v) is 7.48. The Morgan fingerprint density at radius 3 is 0.510 bits per heavy atom. The molecule has 0 radical (unpaired) electrons. The van der Waals surface area contributed by atoms with Crippen molar-refractivity contribution in [1.82, 2.24) is 0 Å². The third kappa shape index (κ3) is 58.6. The van der Waals surface area contributed by atoms with Crippen LogP contribution in [0.1, 0.15) is 245 Å². The van der Waals surface area contributed by atoms with Crippen LogP contribution in [0.2, 0.25) is 0 Å². The molecule has 9 heteroatoms. The molecule has 6 nitrogen and oxygen atoms in total. The van der Waals surface area contributed by atoms with E-state index < -0.39 is 20.2 Å². The van der Waals surface area contributed by atoms with E-state index in [4.69, 9.17) is 0 Å². The molecule has 0 aromatic rings. The molecule has 0 N–H and O–H groups in total. The fraction of sp³-hybridized carbons (Fsp3) is 1.00. The van der Waals surface area contributed by atoms with Gasteiger partial charge in [-0.05, 0) is 12.8 Å². The van der Waals surface area contributed by atoms with Gasteiger partial charge in [-0.1, -0.05) is 232 Å². The van der Waals surface area contributed by atoms with Crippen LogP contribution in [0.3, 0.4) is 0 Å². The summed E-state index contributed by atoms with van der Waals surface area (Å²) in [5, 5.41) is 0. The summed E-state index contributed by atoms with van der Waals surface area (Å²) >= 11 is 0. The van der Waals surface area contributed by atoms with Crippen LogP contribution in [0.5, 0.6) is 0 Å². The van der Waals surface area contributed by atoms with Gasteiger partial charge in [-0.2, -0.15) is 0 Å². The first-order valence-electron chi connectivity index (χ1n) is 21.0. The Kier molecular flexibility index (Phi) is 48.3. The summed E-state index contributed by atoms with van der Waals surface area (Å²) in [7, 11) is -7.99. The van der Waals surface area contributed by atoms with E-state index in [0.717, 1.165) is 25.7 Å². The molecule has 0 amide bonds. The second kappa shape index (κ2) is 43.5. The summed E-state index contributed by atoms with van der Waals surface area (Å²) in [6.45, 7) is 4.54. The average Bonchev–Trinajstić information content (AvgIpc) is 3.03. The molecule has 0 aromatic carbocycles. The van der Waals surface area contributed by atoms with Crippen molar-refractivity contribution in [1.29, 1.82) is 0 Å². The van der Waals surface area contributed by atoms with Gasteiger partial charge >= 0.3 is 37.7 Å². The largest absolute Gasteiger partial charge is 2.00 e. The van der Waals surface area contributed by atoms with Crippen LogP contribution in [-0.2, 0) is 20.2 Å². The summed E-state index contributed by atoms with van der Waals surface area (Å²) in [5.41, 5.74) is 0. The van der Waals surface area contributed by atoms with Crippen LogP contribution in [0.15, 0.2) is 0 Å². The number of unbranched alkanes of at least 4 members (excludes halogenated alkanes) is 34. The quantitative estimate of drug-likeness (QED) is 0.0351. The minimum Gasteiger partial charge on any atom is -0.748 e. The molecule has 0 rings (SSSR count). The van der Waals surface area contributed by atoms with Gasteiger partial charge in [-0.15, -0.1) is 0 Å². The second-order valence-corrected chi connectivity index (χ2v) is 17.6. The van der Waals surface area contributed by atoms with Gasteiger partial charge in [0.15, 0.2) is 0 Å². The van der Waals surface area contributed by atoms with Crippen LogP contribution in [0, 0.1) is 0 Å². The van der Waals surface area contributed by atoms with Gasteiger partial charge in [0.1, 0.15) is 0 Å². The Bertz CT molecular complexity index is 753. The predicted molar refractivity (Wildman–Crippen MR) is 212 cm³/mol. The fourth-order valence-electron chi connectivity index (χ4n) is 6.36. The topological polar surface area (TPSA) is 114 Å². The smallest absolute Gasteiger partial charge is 0.748 e. The zero-order valence-corrected chi connectivity index (χ0v) is 36.7. The van der Waals surface area contributed by atoms with Gasteiger partial charge in [0.05, 0.1) is 20.2 Å². The SMILES string of the molecule is CCCCCCCCCCCCCCCCCCCCS(=O)(=O)[O-].CCCCCCCCCCCCCCCCCCCCS(=O)(=O)[O-].[Ca+2]. The van der Waals surface area contributed by atoms with E-state index in [1.165, 1.54) is 193 Å². The molecule has 0 saturated carbocycles. The number of hydrogen-bond acceptors (Lipinski definition) is 6. The Labute approximate surface area is 337 Å². The normalized spacial score (nSPS) is 11.7. The molecular formula is C40H82CaO6S2. The molecule has 0 aliphatic carbocycles. The minimum absolute atomic E-state index is 0. The first kappa shape index (κ1) is 54.4. The predicted octanol–water partition coefficient (Wildman–Crippen LogP) is 12.8. The maximum Gasteiger partial charge on any atom is 2.00 e. The van der Waals surface area contributed by atoms with E-state index in [2.05, 4.69) is 13.8 Å². The van der Waals surface area contributed by atoms with Crippen molar-refractivity contribution < 1.29 is 25.9 Å². The van der Waals surface area contributed by atoms with E-state index >= 15 is 0 Å². The Morgan fingerprint density at radius 1 is 0.265 bits per heavy atom. The Hall–Kier alpha value is 1.08. The molecule has 0 aliphatic heterocycles. The third-order valence-electron chi connectivity index (χ3n) is 9.50. The van der Waals surface area contributed by atoms with Crippen LogP contribution in [-0.4, -0.2) is 75.2 Å². The van der Waals surface area contributed by atoms with Gasteiger partial charge in [0.2, 0.25) is 0 Å². The van der Waals surface area contributed by atoms with Crippen molar-refractivity contribution in [3.8, 4) is 0 Å². The molecule has 0 unspecified atom stereocenters. The molecular weight excluding hydrogens is 681 g/mol. The molecule has 0 aromatic heterocycles. The van der Waals surface area contributed by atoms with Crippen LogP contribution in [0.4, 0.5) is 0 Å². The minimum atomic E-state index is -4.00. The van der Waals surface area contributed by atoms with Crippen LogP contribution in [0.25, 0.3) is 0 Å². The zero-order chi connectivity index (χ0) is 35.9. The van der Waals surface area contributed by atoms with Gasteiger partial charge < -0.3 is 9.11 Å². The van der Waals surface area contributed by atoms with Gasteiger partial charge in [0.25, 0.3) is 0 Å². The Morgan fingerprint density at radius 2 is 0.388 bits per heavy atom. The first-order valence-corrected chi connectivity index (χ1v) is 24.1. The van der Waals surface area contributed by atoms with E-state index in [-0.39, 0.29) is 49.2 Å². The van der Waals surface area contributed by atoms with Gasteiger partial charge in [-0.3, -0.25) is 0 Å². The summed E-state index contributed by atoms with van der Waals surface area (Å²) in [4.78, 5) is 0. The summed E-state index contributed by atoms with van der Waals surface area (Å²) in [5.74, 6) is -0.378. The standard InChI is InChI=1S/2C20H42O3S.Ca/c2*1-2-3-4-5-6-7-8-9-10-11-12-13-14-15-16-17-18-19-20-24(21,22)23;/h2*2-20H2,1H3,(H,21,22,23);/q;;+2/p-2. The van der Waals surface area contributed by atoms with E-state index in [9.17, 15) is 25.9 Å². The number of rotatable bonds is 38. The molecule has 0 spiro atoms. The first-order chi connectivity index (χ1) is 23.1. The van der Waals surface area contributed by atoms with Crippen molar-refractivity contribution in [2.45, 2.75) is 245 Å². The van der Waals surface area contributed by atoms with Crippen molar-refractivity contribution in [3.63, 3.8) is 0 Å². The summed E-state index contributed by atoms with van der Waals surface area (Å²) in [6, 6.07) is 0. The molecule has 49 heavy (non-hydrogen) atoms. The van der Waals surface area contributed by atoms with Crippen molar-refractivity contribution in [3.05, 3.63) is 0 Å². The second-order valence-electron chi connectivity index (χ2n) is 14.5. The molecule has 0 saturated heterocycles. The molecule has 0 heterocycles. The van der Waals surface area contributed by atoms with Gasteiger partial charge in [0, 0.05) is 11.5 Å². The molecule has 0 fully saturated rings. The molecule has 0 atom stereocenters. The van der Waals surface area contributed by atoms with Crippen LogP contribution >= 0.6 is 0 Å². The third-order valence-corrected chi connectivity index (χ3v) is 11.1. The van der Waals surface area contributed by atoms with E-state index in [1.54, 1.807) is 0 Å². The van der Waals surface area contributed by atoms with E-state index in [1.807, 2.05) is 0 Å². The Balaban J connectivity index is -0.000000846. The molecule has 292 valence electrons. The van der Waals surface area contributed by atoms with Crippen molar-refractivity contribution in [2.24, 2.45) is 0 Å². The van der Waals surface area contributed by atoms with Gasteiger partial charge in [-0.25, -0.2) is 16.8 Å². The maximum absolute atomic E-state index is 10.4. The average molecular weight is 763 g/mol. The maximum atomic E-state index is 10.4. The molecule has 0 bridgehead atoms. The molecule has 0 aliphatic rings. The van der Waals surface area contributed by atoms with Crippen molar-refractivity contribution in [2.75, 3.05) is 11.5 Å². The van der Waals surface area contributed by atoms with Crippen molar-refractivity contribution >= 4 is 58.0 Å². The zero-order valence-electron chi connectivity index (χ0n) is 32.8. The van der Waals surface area contributed by atoms with Crippen LogP contribution < -0.4 is 0 Å². The summed E-state index contributed by atoms with van der Waals surface area (Å²) < 4.78 is 62.7. The van der Waals surface area contributed by atoms with E-state index in [0.29, 0.717) is 12.8 Å².